The molecule has 2 amide bonds. The van der Waals surface area contributed by atoms with Crippen LogP contribution in [0.2, 0.25) is 5.02 Å². The van der Waals surface area contributed by atoms with Gasteiger partial charge in [-0.2, -0.15) is 5.10 Å². The van der Waals surface area contributed by atoms with E-state index in [2.05, 4.69) is 10.4 Å². The van der Waals surface area contributed by atoms with Gasteiger partial charge in [0.1, 0.15) is 0 Å². The molecule has 0 spiro atoms. The molecular formula is C17H19ClN4O. The van der Waals surface area contributed by atoms with Crippen LogP contribution in [0.1, 0.15) is 31.2 Å². The van der Waals surface area contributed by atoms with Crippen LogP contribution in [0.15, 0.2) is 30.6 Å². The molecule has 0 aliphatic carbocycles. The van der Waals surface area contributed by atoms with E-state index in [1.165, 1.54) is 6.42 Å². The standard InChI is InChI=1S/C17H19ClN4O/c1-11-9-19-21(10-11)16-7-12(5-6-15(16)18)20-17(23)22-13-3-2-4-14(22)8-13/h5-7,9-10,13-14H,2-4,8H2,1H3,(H,20,23). The maximum Gasteiger partial charge on any atom is 0.322 e. The Balaban J connectivity index is 1.54. The molecule has 120 valence electrons. The third-order valence-corrected chi connectivity index (χ3v) is 5.12. The third kappa shape index (κ3) is 2.59. The van der Waals surface area contributed by atoms with Crippen molar-refractivity contribution >= 4 is 23.3 Å². The van der Waals surface area contributed by atoms with Gasteiger partial charge in [0.15, 0.2) is 0 Å². The Hall–Kier alpha value is -2.01. The Bertz CT molecular complexity index is 743. The number of amides is 2. The smallest absolute Gasteiger partial charge is 0.318 e. The number of carbonyl (C=O) groups is 1. The summed E-state index contributed by atoms with van der Waals surface area (Å²) in [6.07, 6.45) is 8.34. The molecule has 2 bridgehead atoms. The van der Waals surface area contributed by atoms with Gasteiger partial charge in [-0.3, -0.25) is 0 Å². The highest BCUT2D eigenvalue weighted by molar-refractivity contribution is 6.32. The fourth-order valence-corrected chi connectivity index (χ4v) is 3.84. The van der Waals surface area contributed by atoms with Crippen molar-refractivity contribution < 1.29 is 4.79 Å². The minimum absolute atomic E-state index is 0.00383. The predicted molar refractivity (Wildman–Crippen MR) is 90.2 cm³/mol. The molecule has 2 aliphatic rings. The van der Waals surface area contributed by atoms with E-state index in [0.29, 0.717) is 17.1 Å². The van der Waals surface area contributed by atoms with Crippen molar-refractivity contribution in [2.45, 2.75) is 44.7 Å². The molecule has 1 aromatic carbocycles. The summed E-state index contributed by atoms with van der Waals surface area (Å²) in [5.41, 5.74) is 2.57. The topological polar surface area (TPSA) is 50.2 Å². The summed E-state index contributed by atoms with van der Waals surface area (Å²) in [7, 11) is 0. The third-order valence-electron chi connectivity index (χ3n) is 4.80. The Morgan fingerprint density at radius 2 is 2.13 bits per heavy atom. The first kappa shape index (κ1) is 14.6. The molecule has 0 radical (unpaired) electrons. The first-order valence-corrected chi connectivity index (χ1v) is 8.40. The number of anilines is 1. The first-order valence-electron chi connectivity index (χ1n) is 8.02. The van der Waals surface area contributed by atoms with Gasteiger partial charge in [0.2, 0.25) is 0 Å². The van der Waals surface area contributed by atoms with Crippen LogP contribution in [0.4, 0.5) is 10.5 Å². The number of aryl methyl sites for hydroxylation is 1. The molecule has 1 aromatic heterocycles. The number of urea groups is 1. The number of fused-ring (bicyclic) bond motifs is 2. The van der Waals surface area contributed by atoms with Crippen molar-refractivity contribution in [3.8, 4) is 5.69 Å². The molecule has 4 rings (SSSR count). The molecule has 2 atom stereocenters. The van der Waals surface area contributed by atoms with Gasteiger partial charge in [-0.15, -0.1) is 0 Å². The lowest BCUT2D eigenvalue weighted by Crippen LogP contribution is -2.62. The lowest BCUT2D eigenvalue weighted by atomic mass is 9.80. The number of carbonyl (C=O) groups excluding carboxylic acids is 1. The minimum atomic E-state index is -0.00383. The first-order chi connectivity index (χ1) is 11.1. The zero-order valence-electron chi connectivity index (χ0n) is 13.0. The SMILES string of the molecule is Cc1cnn(-c2cc(NC(=O)N3C4CCCC3C4)ccc2Cl)c1. The van der Waals surface area contributed by atoms with Crippen LogP contribution in [-0.4, -0.2) is 32.8 Å². The van der Waals surface area contributed by atoms with E-state index in [4.69, 9.17) is 11.6 Å². The van der Waals surface area contributed by atoms with Gasteiger partial charge in [0, 0.05) is 24.0 Å². The van der Waals surface area contributed by atoms with Crippen LogP contribution < -0.4 is 5.32 Å². The molecule has 5 nitrogen and oxygen atoms in total. The monoisotopic (exact) mass is 330 g/mol. The van der Waals surface area contributed by atoms with Gasteiger partial charge >= 0.3 is 6.03 Å². The molecule has 6 heteroatoms. The summed E-state index contributed by atoms with van der Waals surface area (Å²) in [5.74, 6) is 0. The second-order valence-electron chi connectivity index (χ2n) is 6.44. The highest BCUT2D eigenvalue weighted by atomic mass is 35.5. The molecule has 0 saturated carbocycles. The summed E-state index contributed by atoms with van der Waals surface area (Å²) >= 11 is 6.27. The van der Waals surface area contributed by atoms with Crippen molar-refractivity contribution in [2.24, 2.45) is 0 Å². The zero-order chi connectivity index (χ0) is 16.0. The molecule has 2 aromatic rings. The van der Waals surface area contributed by atoms with Crippen molar-refractivity contribution in [3.05, 3.63) is 41.2 Å². The van der Waals surface area contributed by atoms with Crippen molar-refractivity contribution in [3.63, 3.8) is 0 Å². The second kappa shape index (κ2) is 5.57. The Morgan fingerprint density at radius 1 is 1.35 bits per heavy atom. The highest BCUT2D eigenvalue weighted by Crippen LogP contribution is 2.38. The molecule has 1 N–H and O–H groups in total. The van der Waals surface area contributed by atoms with Crippen LogP contribution in [0.5, 0.6) is 0 Å². The fourth-order valence-electron chi connectivity index (χ4n) is 3.63. The van der Waals surface area contributed by atoms with Gasteiger partial charge in [0.25, 0.3) is 0 Å². The summed E-state index contributed by atoms with van der Waals surface area (Å²) in [4.78, 5) is 14.5. The molecule has 3 heterocycles. The van der Waals surface area contributed by atoms with Crippen molar-refractivity contribution in [1.82, 2.24) is 14.7 Å². The average Bonchev–Trinajstić information content (AvgIpc) is 2.96. The van der Waals surface area contributed by atoms with Gasteiger partial charge in [-0.25, -0.2) is 9.48 Å². The molecule has 23 heavy (non-hydrogen) atoms. The molecule has 2 aliphatic heterocycles. The largest absolute Gasteiger partial charge is 0.322 e. The van der Waals surface area contributed by atoms with E-state index in [-0.39, 0.29) is 6.03 Å². The Kier molecular flexibility index (Phi) is 3.53. The van der Waals surface area contributed by atoms with Crippen LogP contribution in [0.3, 0.4) is 0 Å². The maximum absolute atomic E-state index is 12.5. The number of nitrogens with one attached hydrogen (secondary N) is 1. The van der Waals surface area contributed by atoms with Crippen molar-refractivity contribution in [2.75, 3.05) is 5.32 Å². The van der Waals surface area contributed by atoms with Gasteiger partial charge < -0.3 is 10.2 Å². The number of benzene rings is 1. The summed E-state index contributed by atoms with van der Waals surface area (Å²) in [6.45, 7) is 1.98. The summed E-state index contributed by atoms with van der Waals surface area (Å²) in [6, 6.07) is 6.33. The van der Waals surface area contributed by atoms with Crippen LogP contribution in [0, 0.1) is 6.92 Å². The number of nitrogens with zero attached hydrogens (tertiary/aromatic N) is 3. The van der Waals surface area contributed by atoms with E-state index in [1.54, 1.807) is 16.9 Å². The van der Waals surface area contributed by atoms with Crippen LogP contribution in [0.25, 0.3) is 5.69 Å². The quantitative estimate of drug-likeness (QED) is 0.905. The molecule has 2 fully saturated rings. The zero-order valence-corrected chi connectivity index (χ0v) is 13.8. The molecular weight excluding hydrogens is 312 g/mol. The molecule has 2 unspecified atom stereocenters. The number of piperidine rings is 1. The summed E-state index contributed by atoms with van der Waals surface area (Å²) in [5, 5.41) is 7.89. The molecule has 2 saturated heterocycles. The predicted octanol–water partition coefficient (Wildman–Crippen LogP) is 3.99. The minimum Gasteiger partial charge on any atom is -0.318 e. The van der Waals surface area contributed by atoms with E-state index in [1.807, 2.05) is 30.2 Å². The second-order valence-corrected chi connectivity index (χ2v) is 6.85. The van der Waals surface area contributed by atoms with E-state index in [0.717, 1.165) is 36.2 Å². The van der Waals surface area contributed by atoms with E-state index < -0.39 is 0 Å². The van der Waals surface area contributed by atoms with Crippen molar-refractivity contribution in [1.29, 1.82) is 0 Å². The number of halogens is 1. The summed E-state index contributed by atoms with van der Waals surface area (Å²) < 4.78 is 1.73. The van der Waals surface area contributed by atoms with Crippen LogP contribution >= 0.6 is 11.6 Å². The number of hydrogen-bond acceptors (Lipinski definition) is 2. The van der Waals surface area contributed by atoms with E-state index >= 15 is 0 Å². The van der Waals surface area contributed by atoms with Crippen LogP contribution in [-0.2, 0) is 0 Å². The highest BCUT2D eigenvalue weighted by Gasteiger charge is 2.44. The Morgan fingerprint density at radius 3 is 2.78 bits per heavy atom. The number of aromatic nitrogens is 2. The lowest BCUT2D eigenvalue weighted by molar-refractivity contribution is 0.0173. The number of hydrogen-bond donors (Lipinski definition) is 1. The number of rotatable bonds is 2. The van der Waals surface area contributed by atoms with Gasteiger partial charge in [-0.05, 0) is 56.4 Å². The Labute approximate surface area is 140 Å². The average molecular weight is 331 g/mol. The lowest BCUT2D eigenvalue weighted by Gasteiger charge is -2.52. The van der Waals surface area contributed by atoms with Gasteiger partial charge in [0.05, 0.1) is 16.9 Å². The van der Waals surface area contributed by atoms with Gasteiger partial charge in [-0.1, -0.05) is 11.6 Å². The maximum atomic E-state index is 12.5. The van der Waals surface area contributed by atoms with E-state index in [9.17, 15) is 4.79 Å². The fraction of sp³-hybridized carbons (Fsp3) is 0.412. The normalized spacial score (nSPS) is 22.6.